The second-order valence-electron chi connectivity index (χ2n) is 8.25. The van der Waals surface area contributed by atoms with Crippen molar-refractivity contribution in [1.82, 2.24) is 18.8 Å². The maximum atomic E-state index is 13.0. The van der Waals surface area contributed by atoms with Gasteiger partial charge in [0.15, 0.2) is 0 Å². The number of hydrogen-bond acceptors (Lipinski definition) is 5. The van der Waals surface area contributed by atoms with Crippen LogP contribution in [0.2, 0.25) is 0 Å². The van der Waals surface area contributed by atoms with Gasteiger partial charge in [-0.05, 0) is 31.0 Å². The molecule has 0 atom stereocenters. The van der Waals surface area contributed by atoms with Gasteiger partial charge in [-0.25, -0.2) is 8.42 Å². The topological polar surface area (TPSA) is 110 Å². The van der Waals surface area contributed by atoms with Gasteiger partial charge in [-0.1, -0.05) is 32.1 Å². The number of nitrogens with zero attached hydrogens (tertiary/aromatic N) is 3. The summed E-state index contributed by atoms with van der Waals surface area (Å²) in [4.78, 5) is 36.5. The van der Waals surface area contributed by atoms with Crippen molar-refractivity contribution in [3.8, 4) is 0 Å². The number of fused-ring (bicyclic) bond motifs is 1. The number of amides is 1. The summed E-state index contributed by atoms with van der Waals surface area (Å²) < 4.78 is 29.4. The van der Waals surface area contributed by atoms with Crippen LogP contribution < -0.4 is 16.4 Å². The Morgan fingerprint density at radius 2 is 1.55 bits per heavy atom. The number of hydrogen-bond donors (Lipinski definition) is 1. The van der Waals surface area contributed by atoms with E-state index >= 15 is 0 Å². The highest BCUT2D eigenvalue weighted by atomic mass is 32.2. The molecule has 31 heavy (non-hydrogen) atoms. The molecule has 1 aromatic heterocycles. The summed E-state index contributed by atoms with van der Waals surface area (Å²) in [5, 5.41) is 2.97. The van der Waals surface area contributed by atoms with E-state index in [4.69, 9.17) is 0 Å². The molecule has 0 saturated heterocycles. The van der Waals surface area contributed by atoms with E-state index < -0.39 is 21.1 Å². The van der Waals surface area contributed by atoms with E-state index in [1.54, 1.807) is 0 Å². The molecule has 1 amide bonds. The zero-order valence-corrected chi connectivity index (χ0v) is 19.1. The van der Waals surface area contributed by atoms with Gasteiger partial charge >= 0.3 is 11.1 Å². The van der Waals surface area contributed by atoms with Crippen molar-refractivity contribution in [2.75, 3.05) is 13.6 Å². The Kier molecular flexibility index (Phi) is 7.00. The molecule has 1 fully saturated rings. The molecule has 1 saturated carbocycles. The number of aromatic nitrogens is 2. The van der Waals surface area contributed by atoms with Crippen LogP contribution in [-0.2, 0) is 28.9 Å². The first kappa shape index (κ1) is 23.2. The van der Waals surface area contributed by atoms with E-state index in [0.717, 1.165) is 47.4 Å². The number of sulfonamides is 1. The van der Waals surface area contributed by atoms with Crippen molar-refractivity contribution in [3.05, 3.63) is 38.9 Å². The van der Waals surface area contributed by atoms with Gasteiger partial charge in [-0.2, -0.15) is 4.31 Å². The normalized spacial score (nSPS) is 16.3. The smallest absolute Gasteiger partial charge is 0.316 e. The first-order valence-corrected chi connectivity index (χ1v) is 12.0. The van der Waals surface area contributed by atoms with Crippen LogP contribution in [0.1, 0.15) is 44.9 Å². The third-order valence-corrected chi connectivity index (χ3v) is 7.81. The van der Waals surface area contributed by atoms with Crippen molar-refractivity contribution >= 4 is 27.0 Å². The van der Waals surface area contributed by atoms with Crippen molar-refractivity contribution in [1.29, 1.82) is 0 Å². The van der Waals surface area contributed by atoms with Crippen molar-refractivity contribution in [2.45, 2.75) is 55.9 Å². The average Bonchev–Trinajstić information content (AvgIpc) is 2.72. The Bertz CT molecular complexity index is 1190. The lowest BCUT2D eigenvalue weighted by atomic mass is 9.97. The second kappa shape index (κ2) is 9.35. The van der Waals surface area contributed by atoms with E-state index in [2.05, 4.69) is 5.32 Å². The number of carbonyl (C=O) groups excluding carboxylic acids is 1. The average molecular weight is 451 g/mol. The summed E-state index contributed by atoms with van der Waals surface area (Å²) in [5.41, 5.74) is -0.665. The molecule has 1 heterocycles. The van der Waals surface area contributed by atoms with E-state index in [1.165, 1.54) is 50.3 Å². The zero-order chi connectivity index (χ0) is 22.8. The molecule has 1 aromatic carbocycles. The summed E-state index contributed by atoms with van der Waals surface area (Å²) in [7, 11) is 0.286. The fraction of sp³-hybridized carbons (Fsp3) is 0.571. The number of aryl methyl sites for hydroxylation is 2. The van der Waals surface area contributed by atoms with Crippen LogP contribution in [0.4, 0.5) is 0 Å². The maximum Gasteiger partial charge on any atom is 0.316 e. The fourth-order valence-corrected chi connectivity index (χ4v) is 5.21. The first-order chi connectivity index (χ1) is 14.6. The van der Waals surface area contributed by atoms with Crippen LogP contribution in [0.5, 0.6) is 0 Å². The predicted molar refractivity (Wildman–Crippen MR) is 118 cm³/mol. The first-order valence-electron chi connectivity index (χ1n) is 10.6. The van der Waals surface area contributed by atoms with Gasteiger partial charge in [-0.15, -0.1) is 0 Å². The monoisotopic (exact) mass is 450 g/mol. The summed E-state index contributed by atoms with van der Waals surface area (Å²) in [5.74, 6) is -0.327. The largest absolute Gasteiger partial charge is 0.352 e. The standard InChI is InChI=1S/C21H30N4O5S/c1-23(14-19(26)22-15-9-7-5-4-6-8-10-15)31(29,30)16-11-12-17-18(13-16)25(3)21(28)20(27)24(17)2/h11-13,15H,4-10,14H2,1-3H3,(H,22,26). The third-order valence-electron chi connectivity index (χ3n) is 6.01. The van der Waals surface area contributed by atoms with Crippen molar-refractivity contribution in [2.24, 2.45) is 14.1 Å². The number of nitrogens with one attached hydrogen (secondary N) is 1. The zero-order valence-electron chi connectivity index (χ0n) is 18.3. The minimum atomic E-state index is -3.96. The van der Waals surface area contributed by atoms with Crippen LogP contribution in [0, 0.1) is 0 Å². The molecule has 1 aliphatic rings. The van der Waals surface area contributed by atoms with Crippen LogP contribution in [0.25, 0.3) is 11.0 Å². The molecule has 0 bridgehead atoms. The molecular formula is C21H30N4O5S. The highest BCUT2D eigenvalue weighted by Crippen LogP contribution is 2.20. The van der Waals surface area contributed by atoms with Gasteiger partial charge in [0, 0.05) is 27.2 Å². The Morgan fingerprint density at radius 1 is 1.00 bits per heavy atom. The van der Waals surface area contributed by atoms with Crippen molar-refractivity contribution in [3.63, 3.8) is 0 Å². The summed E-state index contributed by atoms with van der Waals surface area (Å²) >= 11 is 0. The molecule has 0 unspecified atom stereocenters. The van der Waals surface area contributed by atoms with Crippen LogP contribution >= 0.6 is 0 Å². The highest BCUT2D eigenvalue weighted by molar-refractivity contribution is 7.89. The molecule has 0 spiro atoms. The lowest BCUT2D eigenvalue weighted by molar-refractivity contribution is -0.121. The minimum absolute atomic E-state index is 0.0464. The number of rotatable bonds is 5. The quantitative estimate of drug-likeness (QED) is 0.686. The molecule has 0 radical (unpaired) electrons. The van der Waals surface area contributed by atoms with E-state index in [9.17, 15) is 22.8 Å². The summed E-state index contributed by atoms with van der Waals surface area (Å²) in [6.07, 6.45) is 7.52. The molecule has 1 aliphatic carbocycles. The van der Waals surface area contributed by atoms with E-state index in [0.29, 0.717) is 11.0 Å². The molecule has 9 nitrogen and oxygen atoms in total. The maximum absolute atomic E-state index is 13.0. The molecule has 170 valence electrons. The Hall–Kier alpha value is -2.46. The lowest BCUT2D eigenvalue weighted by Gasteiger charge is -2.23. The van der Waals surface area contributed by atoms with Gasteiger partial charge < -0.3 is 14.5 Å². The molecular weight excluding hydrogens is 420 g/mol. The number of benzene rings is 1. The number of carbonyl (C=O) groups is 1. The Labute approximate surface area is 181 Å². The predicted octanol–water partition coefficient (Wildman–Crippen LogP) is 1.09. The number of likely N-dealkylation sites (N-methyl/N-ethyl adjacent to an activating group) is 1. The van der Waals surface area contributed by atoms with E-state index in [-0.39, 0.29) is 23.4 Å². The third kappa shape index (κ3) is 4.90. The second-order valence-corrected chi connectivity index (χ2v) is 10.3. The molecule has 0 aliphatic heterocycles. The van der Waals surface area contributed by atoms with Gasteiger partial charge in [-0.3, -0.25) is 14.4 Å². The Morgan fingerprint density at radius 3 is 2.16 bits per heavy atom. The molecule has 1 N–H and O–H groups in total. The Balaban J connectivity index is 1.80. The van der Waals surface area contributed by atoms with Crippen molar-refractivity contribution < 1.29 is 13.2 Å². The SMILES string of the molecule is CN(CC(=O)NC1CCCCCCC1)S(=O)(=O)c1ccc2c(c1)n(C)c(=O)c(=O)n2C. The molecule has 2 aromatic rings. The van der Waals surface area contributed by atoms with Crippen LogP contribution in [0.3, 0.4) is 0 Å². The van der Waals surface area contributed by atoms with Crippen LogP contribution in [-0.4, -0.2) is 47.4 Å². The lowest BCUT2D eigenvalue weighted by Crippen LogP contribution is -2.43. The van der Waals surface area contributed by atoms with Gasteiger partial charge in [0.25, 0.3) is 0 Å². The van der Waals surface area contributed by atoms with Gasteiger partial charge in [0.1, 0.15) is 0 Å². The summed E-state index contributed by atoms with van der Waals surface area (Å²) in [6, 6.07) is 4.31. The summed E-state index contributed by atoms with van der Waals surface area (Å²) in [6.45, 7) is -0.289. The fourth-order valence-electron chi connectivity index (χ4n) is 4.06. The molecule has 10 heteroatoms. The minimum Gasteiger partial charge on any atom is -0.352 e. The van der Waals surface area contributed by atoms with Gasteiger partial charge in [0.05, 0.1) is 22.5 Å². The van der Waals surface area contributed by atoms with Crippen LogP contribution in [0.15, 0.2) is 32.7 Å². The molecule has 3 rings (SSSR count). The van der Waals surface area contributed by atoms with Gasteiger partial charge in [0.2, 0.25) is 15.9 Å². The van der Waals surface area contributed by atoms with E-state index in [1.807, 2.05) is 0 Å². The highest BCUT2D eigenvalue weighted by Gasteiger charge is 2.25.